The minimum absolute atomic E-state index is 0.0188. The van der Waals surface area contributed by atoms with Crippen LogP contribution in [0.2, 0.25) is 0 Å². The molecule has 5 heteroatoms. The van der Waals surface area contributed by atoms with Crippen LogP contribution in [0.3, 0.4) is 0 Å². The summed E-state index contributed by atoms with van der Waals surface area (Å²) in [7, 11) is 0. The summed E-state index contributed by atoms with van der Waals surface area (Å²) < 4.78 is 11.6. The Labute approximate surface area is 125 Å². The maximum absolute atomic E-state index is 11.4. The Hall–Kier alpha value is -1.62. The molecule has 0 saturated carbocycles. The lowest BCUT2D eigenvalue weighted by Gasteiger charge is -2.32. The summed E-state index contributed by atoms with van der Waals surface area (Å²) in [5.41, 5.74) is 1.10. The van der Waals surface area contributed by atoms with Gasteiger partial charge in [0.25, 0.3) is 0 Å². The number of aromatic nitrogens is 1. The molecule has 0 bridgehead atoms. The molecule has 21 heavy (non-hydrogen) atoms. The van der Waals surface area contributed by atoms with Gasteiger partial charge in [-0.2, -0.15) is 0 Å². The van der Waals surface area contributed by atoms with E-state index >= 15 is 0 Å². The molecule has 0 radical (unpaired) electrons. The molecule has 0 aromatic carbocycles. The summed E-state index contributed by atoms with van der Waals surface area (Å²) in [5.74, 6) is 0.768. The molecular formula is C16H24N2O3. The predicted molar refractivity (Wildman–Crippen MR) is 80.6 cm³/mol. The van der Waals surface area contributed by atoms with Crippen LogP contribution in [0, 0.1) is 0 Å². The van der Waals surface area contributed by atoms with Crippen molar-refractivity contribution in [1.29, 1.82) is 0 Å². The van der Waals surface area contributed by atoms with E-state index in [4.69, 9.17) is 9.15 Å². The quantitative estimate of drug-likeness (QED) is 0.875. The lowest BCUT2D eigenvalue weighted by molar-refractivity contribution is -0.121. The van der Waals surface area contributed by atoms with Gasteiger partial charge in [-0.15, -0.1) is 0 Å². The summed E-state index contributed by atoms with van der Waals surface area (Å²) in [4.78, 5) is 15.3. The molecule has 2 rings (SSSR count). The van der Waals surface area contributed by atoms with Crippen LogP contribution in [0.15, 0.2) is 23.1 Å². The predicted octanol–water partition coefficient (Wildman–Crippen LogP) is 2.93. The van der Waals surface area contributed by atoms with Crippen molar-refractivity contribution in [2.24, 2.45) is 0 Å². The van der Waals surface area contributed by atoms with Crippen LogP contribution >= 0.6 is 0 Å². The fourth-order valence-electron chi connectivity index (χ4n) is 2.71. The van der Waals surface area contributed by atoms with Gasteiger partial charge in [-0.1, -0.05) is 13.8 Å². The van der Waals surface area contributed by atoms with Crippen LogP contribution in [0.5, 0.6) is 0 Å². The lowest BCUT2D eigenvalue weighted by atomic mass is 9.91. The lowest BCUT2D eigenvalue weighted by Crippen LogP contribution is -2.45. The van der Waals surface area contributed by atoms with Gasteiger partial charge in [0.2, 0.25) is 5.91 Å². The minimum Gasteiger partial charge on any atom is -0.444 e. The molecule has 0 spiro atoms. The number of carbonyl (C=O) groups is 1. The Balaban J connectivity index is 2.17. The van der Waals surface area contributed by atoms with E-state index in [9.17, 15) is 4.79 Å². The first-order chi connectivity index (χ1) is 10.1. The third-order valence-electron chi connectivity index (χ3n) is 3.88. The number of rotatable bonds is 6. The molecule has 1 aromatic heterocycles. The van der Waals surface area contributed by atoms with Gasteiger partial charge in [0, 0.05) is 6.92 Å². The van der Waals surface area contributed by atoms with Crippen molar-refractivity contribution >= 4 is 11.5 Å². The van der Waals surface area contributed by atoms with E-state index in [2.05, 4.69) is 30.2 Å². The molecule has 5 nitrogen and oxygen atoms in total. The third kappa shape index (κ3) is 4.17. The van der Waals surface area contributed by atoms with Gasteiger partial charge < -0.3 is 14.5 Å². The monoisotopic (exact) mass is 292 g/mol. The smallest absolute Gasteiger partial charge is 0.217 e. The van der Waals surface area contributed by atoms with Crippen LogP contribution in [-0.2, 0) is 9.53 Å². The molecule has 0 aliphatic heterocycles. The fraction of sp³-hybridized carbons (Fsp3) is 0.625. The summed E-state index contributed by atoms with van der Waals surface area (Å²) in [6.07, 6.45) is 8.94. The normalized spacial score (nSPS) is 22.2. The zero-order valence-corrected chi connectivity index (χ0v) is 13.0. The van der Waals surface area contributed by atoms with Crippen LogP contribution in [0.25, 0.3) is 5.57 Å². The Morgan fingerprint density at radius 1 is 1.52 bits per heavy atom. The van der Waals surface area contributed by atoms with Gasteiger partial charge in [-0.25, -0.2) is 4.98 Å². The molecular weight excluding hydrogens is 268 g/mol. The van der Waals surface area contributed by atoms with E-state index in [-0.39, 0.29) is 24.2 Å². The highest BCUT2D eigenvalue weighted by Gasteiger charge is 2.29. The SMILES string of the molecule is CCC(CC)OC1C=C(c2cnco2)CCC1NC(C)=O. The first-order valence-electron chi connectivity index (χ1n) is 7.66. The zero-order valence-electron chi connectivity index (χ0n) is 13.0. The minimum atomic E-state index is -0.118. The van der Waals surface area contributed by atoms with E-state index < -0.39 is 0 Å². The number of hydrogen-bond donors (Lipinski definition) is 1. The van der Waals surface area contributed by atoms with Gasteiger partial charge >= 0.3 is 0 Å². The van der Waals surface area contributed by atoms with Gasteiger partial charge in [0.15, 0.2) is 6.39 Å². The van der Waals surface area contributed by atoms with Crippen molar-refractivity contribution in [3.63, 3.8) is 0 Å². The summed E-state index contributed by atoms with van der Waals surface area (Å²) >= 11 is 0. The number of allylic oxidation sites excluding steroid dienone is 1. The molecule has 0 fully saturated rings. The van der Waals surface area contributed by atoms with Crippen LogP contribution in [-0.4, -0.2) is 29.1 Å². The number of nitrogens with one attached hydrogen (secondary N) is 1. The van der Waals surface area contributed by atoms with Crippen molar-refractivity contribution < 1.29 is 13.9 Å². The number of oxazole rings is 1. The molecule has 116 valence electrons. The van der Waals surface area contributed by atoms with Gasteiger partial charge in [0.05, 0.1) is 24.4 Å². The number of amides is 1. The molecule has 1 aromatic rings. The van der Waals surface area contributed by atoms with Crippen molar-refractivity contribution in [2.75, 3.05) is 0 Å². The highest BCUT2D eigenvalue weighted by molar-refractivity contribution is 5.73. The van der Waals surface area contributed by atoms with E-state index in [1.54, 1.807) is 13.1 Å². The number of carbonyl (C=O) groups excluding carboxylic acids is 1. The number of hydrogen-bond acceptors (Lipinski definition) is 4. The number of nitrogens with zero attached hydrogens (tertiary/aromatic N) is 1. The third-order valence-corrected chi connectivity index (χ3v) is 3.88. The second-order valence-electron chi connectivity index (χ2n) is 5.44. The highest BCUT2D eigenvalue weighted by atomic mass is 16.5. The van der Waals surface area contributed by atoms with Gasteiger partial charge in [0.1, 0.15) is 5.76 Å². The zero-order chi connectivity index (χ0) is 15.2. The van der Waals surface area contributed by atoms with E-state index in [0.717, 1.165) is 37.0 Å². The molecule has 1 aliphatic carbocycles. The van der Waals surface area contributed by atoms with Gasteiger partial charge in [-0.3, -0.25) is 4.79 Å². The summed E-state index contributed by atoms with van der Waals surface area (Å²) in [6, 6.07) is 0.0229. The second kappa shape index (κ2) is 7.41. The Kier molecular flexibility index (Phi) is 5.56. The van der Waals surface area contributed by atoms with Crippen molar-refractivity contribution in [3.05, 3.63) is 24.4 Å². The molecule has 1 N–H and O–H groups in total. The Morgan fingerprint density at radius 3 is 2.86 bits per heavy atom. The maximum atomic E-state index is 11.4. The van der Waals surface area contributed by atoms with Crippen molar-refractivity contribution in [1.82, 2.24) is 10.3 Å². The van der Waals surface area contributed by atoms with Crippen LogP contribution < -0.4 is 5.32 Å². The van der Waals surface area contributed by atoms with E-state index in [0.29, 0.717) is 0 Å². The van der Waals surface area contributed by atoms with Crippen LogP contribution in [0.4, 0.5) is 0 Å². The average molecular weight is 292 g/mol. The number of ether oxygens (including phenoxy) is 1. The Morgan fingerprint density at radius 2 is 2.29 bits per heavy atom. The molecule has 2 unspecified atom stereocenters. The topological polar surface area (TPSA) is 64.4 Å². The first-order valence-corrected chi connectivity index (χ1v) is 7.66. The fourth-order valence-corrected chi connectivity index (χ4v) is 2.71. The van der Waals surface area contributed by atoms with E-state index in [1.807, 2.05) is 0 Å². The largest absolute Gasteiger partial charge is 0.444 e. The highest BCUT2D eigenvalue weighted by Crippen LogP contribution is 2.29. The standard InChI is InChI=1S/C16H24N2O3/c1-4-13(5-2)21-15-8-12(16-9-17-10-20-16)6-7-14(15)18-11(3)19/h8-10,13-15H,4-7H2,1-3H3,(H,18,19). The second-order valence-corrected chi connectivity index (χ2v) is 5.44. The molecule has 1 heterocycles. The maximum Gasteiger partial charge on any atom is 0.217 e. The molecule has 2 atom stereocenters. The van der Waals surface area contributed by atoms with Gasteiger partial charge in [-0.05, 0) is 37.3 Å². The average Bonchev–Trinajstić information content (AvgIpc) is 2.99. The van der Waals surface area contributed by atoms with Crippen LogP contribution in [0.1, 0.15) is 52.2 Å². The van der Waals surface area contributed by atoms with Crippen molar-refractivity contribution in [2.45, 2.75) is 64.7 Å². The molecule has 1 amide bonds. The molecule has 1 aliphatic rings. The summed E-state index contributed by atoms with van der Waals surface area (Å²) in [5, 5.41) is 3.00. The first kappa shape index (κ1) is 15.8. The summed E-state index contributed by atoms with van der Waals surface area (Å²) in [6.45, 7) is 5.78. The van der Waals surface area contributed by atoms with Crippen molar-refractivity contribution in [3.8, 4) is 0 Å². The van der Waals surface area contributed by atoms with E-state index in [1.165, 1.54) is 6.39 Å². The Bertz CT molecular complexity index is 478. The molecule has 0 saturated heterocycles.